The van der Waals surface area contributed by atoms with Crippen LogP contribution in [0.2, 0.25) is 5.02 Å². The minimum absolute atomic E-state index is 0.321. The van der Waals surface area contributed by atoms with Gasteiger partial charge in [-0.25, -0.2) is 4.79 Å². The van der Waals surface area contributed by atoms with Gasteiger partial charge in [0, 0.05) is 19.2 Å². The normalized spacial score (nSPS) is 13.6. The first kappa shape index (κ1) is 14.7. The maximum atomic E-state index is 11.1. The van der Waals surface area contributed by atoms with E-state index in [2.05, 4.69) is 4.90 Å². The maximum Gasteiger partial charge on any atom is 0.335 e. The van der Waals surface area contributed by atoms with E-state index in [1.807, 2.05) is 18.2 Å². The average molecular weight is 318 g/mol. The Morgan fingerprint density at radius 2 is 2.05 bits per heavy atom. The van der Waals surface area contributed by atoms with Crippen LogP contribution in [-0.4, -0.2) is 24.7 Å². The van der Waals surface area contributed by atoms with E-state index in [1.54, 1.807) is 25.3 Å². The number of hydrogen-bond donors (Lipinski definition) is 1. The van der Waals surface area contributed by atoms with Crippen LogP contribution in [0.25, 0.3) is 0 Å². The highest BCUT2D eigenvalue weighted by Crippen LogP contribution is 2.33. The van der Waals surface area contributed by atoms with Crippen LogP contribution in [0.5, 0.6) is 5.75 Å². The minimum Gasteiger partial charge on any atom is -0.497 e. The van der Waals surface area contributed by atoms with Gasteiger partial charge in [0.15, 0.2) is 0 Å². The van der Waals surface area contributed by atoms with Crippen LogP contribution in [0.4, 0.5) is 5.69 Å². The van der Waals surface area contributed by atoms with Crippen LogP contribution < -0.4 is 9.64 Å². The van der Waals surface area contributed by atoms with Crippen molar-refractivity contribution in [3.8, 4) is 5.75 Å². The summed E-state index contributed by atoms with van der Waals surface area (Å²) < 4.78 is 5.17. The predicted molar refractivity (Wildman–Crippen MR) is 86.2 cm³/mol. The molecule has 1 heterocycles. The number of halogens is 1. The van der Waals surface area contributed by atoms with E-state index < -0.39 is 5.97 Å². The first-order valence-electron chi connectivity index (χ1n) is 7.02. The van der Waals surface area contributed by atoms with Crippen LogP contribution in [0.1, 0.15) is 21.5 Å². The molecule has 0 saturated carbocycles. The van der Waals surface area contributed by atoms with E-state index in [1.165, 1.54) is 5.56 Å². The van der Waals surface area contributed by atoms with E-state index in [0.29, 0.717) is 17.1 Å². The molecule has 0 spiro atoms. The van der Waals surface area contributed by atoms with Gasteiger partial charge in [-0.2, -0.15) is 0 Å². The molecule has 1 N–H and O–H groups in total. The van der Waals surface area contributed by atoms with Gasteiger partial charge in [-0.15, -0.1) is 0 Å². The van der Waals surface area contributed by atoms with E-state index in [0.717, 1.165) is 30.0 Å². The third-order valence-electron chi connectivity index (χ3n) is 3.96. The molecule has 0 radical (unpaired) electrons. The van der Waals surface area contributed by atoms with E-state index in [9.17, 15) is 4.79 Å². The quantitative estimate of drug-likeness (QED) is 0.939. The van der Waals surface area contributed by atoms with Crippen molar-refractivity contribution < 1.29 is 14.6 Å². The van der Waals surface area contributed by atoms with Gasteiger partial charge in [0.05, 0.1) is 23.4 Å². The lowest BCUT2D eigenvalue weighted by Gasteiger charge is -2.31. The standard InChI is InChI=1S/C17H16ClNO3/c1-22-14-4-5-16(15(18)9-14)19-7-6-11-2-3-12(17(20)21)8-13(11)10-19/h2-5,8-9H,6-7,10H2,1H3,(H,20,21). The van der Waals surface area contributed by atoms with Crippen molar-refractivity contribution in [2.24, 2.45) is 0 Å². The second kappa shape index (κ2) is 5.89. The van der Waals surface area contributed by atoms with Crippen LogP contribution in [0.3, 0.4) is 0 Å². The van der Waals surface area contributed by atoms with Crippen LogP contribution >= 0.6 is 11.6 Å². The third kappa shape index (κ3) is 2.74. The summed E-state index contributed by atoms with van der Waals surface area (Å²) in [7, 11) is 1.61. The predicted octanol–water partition coefficient (Wildman–Crippen LogP) is 3.61. The highest BCUT2D eigenvalue weighted by molar-refractivity contribution is 6.33. The van der Waals surface area contributed by atoms with E-state index in [-0.39, 0.29) is 0 Å². The van der Waals surface area contributed by atoms with Crippen molar-refractivity contribution >= 4 is 23.3 Å². The zero-order valence-electron chi connectivity index (χ0n) is 12.2. The second-order valence-electron chi connectivity index (χ2n) is 5.28. The number of fused-ring (bicyclic) bond motifs is 1. The fraction of sp³-hybridized carbons (Fsp3) is 0.235. The molecule has 0 bridgehead atoms. The molecule has 0 aliphatic carbocycles. The zero-order chi connectivity index (χ0) is 15.7. The van der Waals surface area contributed by atoms with E-state index >= 15 is 0 Å². The minimum atomic E-state index is -0.901. The molecule has 2 aromatic carbocycles. The monoisotopic (exact) mass is 317 g/mol. The summed E-state index contributed by atoms with van der Waals surface area (Å²) >= 11 is 6.33. The first-order chi connectivity index (χ1) is 10.6. The van der Waals surface area contributed by atoms with Crippen LogP contribution in [-0.2, 0) is 13.0 Å². The number of anilines is 1. The van der Waals surface area contributed by atoms with Crippen molar-refractivity contribution in [3.05, 3.63) is 58.1 Å². The Morgan fingerprint density at radius 1 is 1.23 bits per heavy atom. The molecule has 2 aromatic rings. The lowest BCUT2D eigenvalue weighted by atomic mass is 9.97. The molecular formula is C17H16ClNO3. The van der Waals surface area contributed by atoms with Gasteiger partial charge in [0.1, 0.15) is 5.75 Å². The number of carboxylic acid groups (broad SMARTS) is 1. The molecule has 1 aliphatic rings. The second-order valence-corrected chi connectivity index (χ2v) is 5.68. The number of ether oxygens (including phenoxy) is 1. The van der Waals surface area contributed by atoms with Crippen molar-refractivity contribution in [1.82, 2.24) is 0 Å². The summed E-state index contributed by atoms with van der Waals surface area (Å²) in [6, 6.07) is 10.9. The molecule has 0 atom stereocenters. The van der Waals surface area contributed by atoms with Gasteiger partial charge in [0.2, 0.25) is 0 Å². The topological polar surface area (TPSA) is 49.8 Å². The van der Waals surface area contributed by atoms with Gasteiger partial charge < -0.3 is 14.7 Å². The number of carboxylic acids is 1. The maximum absolute atomic E-state index is 11.1. The average Bonchev–Trinajstić information content (AvgIpc) is 2.53. The van der Waals surface area contributed by atoms with Gasteiger partial charge in [-0.05, 0) is 41.8 Å². The fourth-order valence-electron chi connectivity index (χ4n) is 2.77. The molecular weight excluding hydrogens is 302 g/mol. The number of aromatic carboxylic acids is 1. The van der Waals surface area contributed by atoms with Gasteiger partial charge in [-0.3, -0.25) is 0 Å². The van der Waals surface area contributed by atoms with E-state index in [4.69, 9.17) is 21.4 Å². The Balaban J connectivity index is 1.90. The summed E-state index contributed by atoms with van der Waals surface area (Å²) in [6.45, 7) is 1.51. The Hall–Kier alpha value is -2.20. The molecule has 114 valence electrons. The smallest absolute Gasteiger partial charge is 0.335 e. The molecule has 22 heavy (non-hydrogen) atoms. The zero-order valence-corrected chi connectivity index (χ0v) is 12.9. The van der Waals surface area contributed by atoms with Crippen molar-refractivity contribution in [3.63, 3.8) is 0 Å². The largest absolute Gasteiger partial charge is 0.497 e. The molecule has 1 aliphatic heterocycles. The van der Waals surface area contributed by atoms with Gasteiger partial charge in [-0.1, -0.05) is 17.7 Å². The van der Waals surface area contributed by atoms with Crippen LogP contribution in [0.15, 0.2) is 36.4 Å². The number of carbonyl (C=O) groups is 1. The lowest BCUT2D eigenvalue weighted by molar-refractivity contribution is 0.0696. The Bertz CT molecular complexity index is 730. The fourth-order valence-corrected chi connectivity index (χ4v) is 3.06. The summed E-state index contributed by atoms with van der Waals surface area (Å²) in [4.78, 5) is 13.3. The highest BCUT2D eigenvalue weighted by atomic mass is 35.5. The summed E-state index contributed by atoms with van der Waals surface area (Å²) in [5.74, 6) is -0.179. The molecule has 4 nitrogen and oxygen atoms in total. The molecule has 0 fully saturated rings. The number of methoxy groups -OCH3 is 1. The highest BCUT2D eigenvalue weighted by Gasteiger charge is 2.20. The Kier molecular flexibility index (Phi) is 3.94. The van der Waals surface area contributed by atoms with Gasteiger partial charge >= 0.3 is 5.97 Å². The van der Waals surface area contributed by atoms with Crippen molar-refractivity contribution in [1.29, 1.82) is 0 Å². The number of hydrogen-bond acceptors (Lipinski definition) is 3. The number of nitrogens with zero attached hydrogens (tertiary/aromatic N) is 1. The SMILES string of the molecule is COc1ccc(N2CCc3ccc(C(=O)O)cc3C2)c(Cl)c1. The summed E-state index contributed by atoms with van der Waals surface area (Å²) in [6.07, 6.45) is 0.873. The van der Waals surface area contributed by atoms with Crippen molar-refractivity contribution in [2.75, 3.05) is 18.6 Å². The third-order valence-corrected chi connectivity index (χ3v) is 4.26. The first-order valence-corrected chi connectivity index (χ1v) is 7.40. The molecule has 3 rings (SSSR count). The number of benzene rings is 2. The number of rotatable bonds is 3. The van der Waals surface area contributed by atoms with Gasteiger partial charge in [0.25, 0.3) is 0 Å². The Morgan fingerprint density at radius 3 is 2.73 bits per heavy atom. The lowest BCUT2D eigenvalue weighted by Crippen LogP contribution is -2.30. The molecule has 0 aromatic heterocycles. The van der Waals surface area contributed by atoms with Crippen molar-refractivity contribution in [2.45, 2.75) is 13.0 Å². The summed E-state index contributed by atoms with van der Waals surface area (Å²) in [5.41, 5.74) is 3.50. The molecule has 0 saturated heterocycles. The molecule has 0 unspecified atom stereocenters. The molecule has 5 heteroatoms. The molecule has 0 amide bonds. The summed E-state index contributed by atoms with van der Waals surface area (Å²) in [5, 5.41) is 9.76. The Labute approximate surface area is 133 Å². The van der Waals surface area contributed by atoms with Crippen LogP contribution in [0, 0.1) is 0 Å².